The SMILES string of the molecule is CCOC1CC(NC(=O)c2ccc([N+](=O)[O-])c(OC)c2)(C(=O)O)C1(C)C. The number of carbonyl (C=O) groups excluding carboxylic acids is 1. The second-order valence-electron chi connectivity index (χ2n) is 6.68. The number of nitrogens with zero attached hydrogens (tertiary/aromatic N) is 1. The highest BCUT2D eigenvalue weighted by molar-refractivity contribution is 5.99. The lowest BCUT2D eigenvalue weighted by molar-refractivity contribution is -0.385. The molecule has 0 saturated heterocycles. The highest BCUT2D eigenvalue weighted by Gasteiger charge is 2.66. The largest absolute Gasteiger partial charge is 0.490 e. The Kier molecular flexibility index (Phi) is 5.22. The van der Waals surface area contributed by atoms with Crippen molar-refractivity contribution in [3.05, 3.63) is 33.9 Å². The van der Waals surface area contributed by atoms with Crippen molar-refractivity contribution in [2.24, 2.45) is 5.41 Å². The van der Waals surface area contributed by atoms with Gasteiger partial charge in [0.1, 0.15) is 5.54 Å². The Labute approximate surface area is 150 Å². The van der Waals surface area contributed by atoms with E-state index in [1.54, 1.807) is 13.8 Å². The predicted octanol–water partition coefficient (Wildman–Crippen LogP) is 1.99. The van der Waals surface area contributed by atoms with Crippen molar-refractivity contribution in [1.29, 1.82) is 0 Å². The van der Waals surface area contributed by atoms with E-state index in [-0.39, 0.29) is 29.5 Å². The summed E-state index contributed by atoms with van der Waals surface area (Å²) in [6, 6.07) is 3.63. The topological polar surface area (TPSA) is 128 Å². The summed E-state index contributed by atoms with van der Waals surface area (Å²) in [5, 5.41) is 23.3. The Morgan fingerprint density at radius 2 is 2.08 bits per heavy atom. The van der Waals surface area contributed by atoms with Crippen molar-refractivity contribution in [2.75, 3.05) is 13.7 Å². The number of rotatable bonds is 7. The van der Waals surface area contributed by atoms with Crippen molar-refractivity contribution in [2.45, 2.75) is 38.8 Å². The van der Waals surface area contributed by atoms with Gasteiger partial charge in [-0.05, 0) is 13.0 Å². The van der Waals surface area contributed by atoms with Gasteiger partial charge in [0, 0.05) is 36.1 Å². The fourth-order valence-corrected chi connectivity index (χ4v) is 3.27. The third kappa shape index (κ3) is 2.98. The summed E-state index contributed by atoms with van der Waals surface area (Å²) >= 11 is 0. The third-order valence-corrected chi connectivity index (χ3v) is 5.09. The molecule has 2 atom stereocenters. The van der Waals surface area contributed by atoms with Crippen LogP contribution in [0.5, 0.6) is 5.75 Å². The molecule has 142 valence electrons. The lowest BCUT2D eigenvalue weighted by Gasteiger charge is -2.58. The third-order valence-electron chi connectivity index (χ3n) is 5.09. The van der Waals surface area contributed by atoms with E-state index in [4.69, 9.17) is 9.47 Å². The number of hydrogen-bond donors (Lipinski definition) is 2. The van der Waals surface area contributed by atoms with Gasteiger partial charge >= 0.3 is 11.7 Å². The summed E-state index contributed by atoms with van der Waals surface area (Å²) in [7, 11) is 1.25. The Balaban J connectivity index is 2.30. The van der Waals surface area contributed by atoms with Crippen LogP contribution in [0.3, 0.4) is 0 Å². The van der Waals surface area contributed by atoms with Crippen LogP contribution in [0.1, 0.15) is 37.6 Å². The fraction of sp³-hybridized carbons (Fsp3) is 0.529. The standard InChI is InChI=1S/C17H22N2O7/c1-5-26-13-9-17(15(21)22,16(13,2)3)18-14(20)10-6-7-11(19(23)24)12(8-10)25-4/h6-8,13H,5,9H2,1-4H3,(H,18,20)(H,21,22). The van der Waals surface area contributed by atoms with E-state index in [9.17, 15) is 24.8 Å². The van der Waals surface area contributed by atoms with Crippen molar-refractivity contribution < 1.29 is 29.1 Å². The first-order chi connectivity index (χ1) is 12.1. The van der Waals surface area contributed by atoms with Crippen LogP contribution in [0.4, 0.5) is 5.69 Å². The molecule has 1 aliphatic carbocycles. The lowest BCUT2D eigenvalue weighted by atomic mass is 9.54. The summed E-state index contributed by atoms with van der Waals surface area (Å²) in [6.45, 7) is 5.71. The number of hydrogen-bond acceptors (Lipinski definition) is 6. The summed E-state index contributed by atoms with van der Waals surface area (Å²) < 4.78 is 10.5. The van der Waals surface area contributed by atoms with Crippen LogP contribution in [0.25, 0.3) is 0 Å². The van der Waals surface area contributed by atoms with Crippen LogP contribution in [0.2, 0.25) is 0 Å². The molecule has 1 amide bonds. The van der Waals surface area contributed by atoms with Crippen molar-refractivity contribution in [1.82, 2.24) is 5.32 Å². The molecule has 1 aliphatic rings. The molecule has 2 N–H and O–H groups in total. The van der Waals surface area contributed by atoms with E-state index in [2.05, 4.69) is 5.32 Å². The number of carboxylic acid groups (broad SMARTS) is 1. The highest BCUT2D eigenvalue weighted by Crippen LogP contribution is 2.51. The molecular weight excluding hydrogens is 344 g/mol. The van der Waals surface area contributed by atoms with Crippen molar-refractivity contribution >= 4 is 17.6 Å². The number of benzene rings is 1. The van der Waals surface area contributed by atoms with Crippen LogP contribution in [0.15, 0.2) is 18.2 Å². The van der Waals surface area contributed by atoms with Gasteiger partial charge in [-0.3, -0.25) is 14.9 Å². The summed E-state index contributed by atoms with van der Waals surface area (Å²) in [5.74, 6) is -1.88. The normalized spacial score (nSPS) is 23.6. The summed E-state index contributed by atoms with van der Waals surface area (Å²) in [4.78, 5) is 34.9. The van der Waals surface area contributed by atoms with E-state index < -0.39 is 27.8 Å². The Bertz CT molecular complexity index is 747. The number of ether oxygens (including phenoxy) is 2. The maximum atomic E-state index is 12.6. The molecule has 1 fully saturated rings. The van der Waals surface area contributed by atoms with E-state index >= 15 is 0 Å². The molecule has 2 unspecified atom stereocenters. The molecular formula is C17H22N2O7. The van der Waals surface area contributed by atoms with Gasteiger partial charge in [0.15, 0.2) is 5.75 Å². The molecule has 0 aromatic heterocycles. The van der Waals surface area contributed by atoms with Crippen LogP contribution in [-0.2, 0) is 9.53 Å². The Hall–Kier alpha value is -2.68. The van der Waals surface area contributed by atoms with Crippen LogP contribution in [-0.4, -0.2) is 47.3 Å². The quantitative estimate of drug-likeness (QED) is 0.558. The molecule has 0 aliphatic heterocycles. The molecule has 2 rings (SSSR count). The van der Waals surface area contributed by atoms with Crippen molar-refractivity contribution in [3.8, 4) is 5.75 Å². The maximum absolute atomic E-state index is 12.6. The number of carbonyl (C=O) groups is 2. The average molecular weight is 366 g/mol. The first-order valence-electron chi connectivity index (χ1n) is 8.10. The van der Waals surface area contributed by atoms with Gasteiger partial charge in [0.05, 0.1) is 18.1 Å². The second kappa shape index (κ2) is 6.91. The van der Waals surface area contributed by atoms with Gasteiger partial charge in [-0.2, -0.15) is 0 Å². The minimum absolute atomic E-state index is 0.0729. The van der Waals surface area contributed by atoms with Gasteiger partial charge in [-0.15, -0.1) is 0 Å². The maximum Gasteiger partial charge on any atom is 0.330 e. The molecule has 0 spiro atoms. The number of aliphatic carboxylic acids is 1. The lowest BCUT2D eigenvalue weighted by Crippen LogP contribution is -2.76. The minimum atomic E-state index is -1.49. The van der Waals surface area contributed by atoms with E-state index in [1.807, 2.05) is 6.92 Å². The molecule has 1 aromatic rings. The molecule has 26 heavy (non-hydrogen) atoms. The zero-order valence-corrected chi connectivity index (χ0v) is 15.1. The molecule has 0 heterocycles. The van der Waals surface area contributed by atoms with E-state index in [0.717, 1.165) is 6.07 Å². The highest BCUT2D eigenvalue weighted by atomic mass is 16.6. The Morgan fingerprint density at radius 3 is 2.54 bits per heavy atom. The smallest absolute Gasteiger partial charge is 0.330 e. The van der Waals surface area contributed by atoms with Crippen LogP contribution in [0, 0.1) is 15.5 Å². The molecule has 1 saturated carbocycles. The van der Waals surface area contributed by atoms with Gasteiger partial charge < -0.3 is 19.9 Å². The second-order valence-corrected chi connectivity index (χ2v) is 6.68. The average Bonchev–Trinajstić information content (AvgIpc) is 2.59. The van der Waals surface area contributed by atoms with Gasteiger partial charge in [-0.1, -0.05) is 13.8 Å². The molecule has 9 heteroatoms. The zero-order chi connectivity index (χ0) is 19.7. The number of nitrogens with one attached hydrogen (secondary N) is 1. The molecule has 0 radical (unpaired) electrons. The minimum Gasteiger partial charge on any atom is -0.490 e. The van der Waals surface area contributed by atoms with Gasteiger partial charge in [0.25, 0.3) is 5.91 Å². The fourth-order valence-electron chi connectivity index (χ4n) is 3.27. The number of amides is 1. The zero-order valence-electron chi connectivity index (χ0n) is 15.1. The first-order valence-corrected chi connectivity index (χ1v) is 8.10. The number of nitro benzene ring substituents is 1. The molecule has 9 nitrogen and oxygen atoms in total. The van der Waals surface area contributed by atoms with E-state index in [0.29, 0.717) is 6.61 Å². The predicted molar refractivity (Wildman–Crippen MR) is 91.3 cm³/mol. The number of nitro groups is 1. The van der Waals surface area contributed by atoms with Crippen LogP contribution < -0.4 is 10.1 Å². The van der Waals surface area contributed by atoms with Crippen molar-refractivity contribution in [3.63, 3.8) is 0 Å². The van der Waals surface area contributed by atoms with Crippen LogP contribution >= 0.6 is 0 Å². The first kappa shape index (κ1) is 19.6. The Morgan fingerprint density at radius 1 is 1.42 bits per heavy atom. The van der Waals surface area contributed by atoms with Gasteiger partial charge in [0.2, 0.25) is 0 Å². The molecule has 0 bridgehead atoms. The summed E-state index contributed by atoms with van der Waals surface area (Å²) in [5.41, 5.74) is -2.52. The summed E-state index contributed by atoms with van der Waals surface area (Å²) in [6.07, 6.45) is -0.158. The monoisotopic (exact) mass is 366 g/mol. The van der Waals surface area contributed by atoms with Gasteiger partial charge in [-0.25, -0.2) is 4.79 Å². The molecule has 1 aromatic carbocycles. The number of methoxy groups -OCH3 is 1. The number of carboxylic acids is 1. The van der Waals surface area contributed by atoms with E-state index in [1.165, 1.54) is 19.2 Å².